The van der Waals surface area contributed by atoms with Crippen LogP contribution in [-0.4, -0.2) is 30.1 Å². The molecule has 2 aliphatic carbocycles. The molecule has 7 heterocycles. The number of allylic oxidation sites excluding steroid dienone is 16. The minimum Gasteiger partial charge on any atom is -0.247 e. The van der Waals surface area contributed by atoms with Crippen LogP contribution in [0.3, 0.4) is 0 Å². The molecule has 5 aliphatic rings. The molecule has 0 aromatic carbocycles. The summed E-state index contributed by atoms with van der Waals surface area (Å²) in [6.07, 6.45) is 36.4. The molecule has 0 spiro atoms. The fraction of sp³-hybridized carbons (Fsp3) is 0.220. The summed E-state index contributed by atoms with van der Waals surface area (Å²) in [4.78, 5) is 14.5. The minimum atomic E-state index is 0.747. The smallest absolute Gasteiger partial charge is 0.243 e. The number of hydrogen-bond donors (Lipinski definition) is 1. The van der Waals surface area contributed by atoms with Crippen LogP contribution in [0.5, 0.6) is 0 Å². The van der Waals surface area contributed by atoms with Crippen LogP contribution in [0.2, 0.25) is 0 Å². The highest BCUT2D eigenvalue weighted by atomic mass is 15.1. The van der Waals surface area contributed by atoms with Crippen LogP contribution >= 0.6 is 0 Å². The standard InChI is InChI=1S/C41H41N10/c1-45-18-34(42-22-45)38-26-8-9-27(16-26)39(35-19-46(2)23-49(35)5)32-14-15-33(44-32)41(37-21-48(4)25-51(37)7)29-11-10-28(17-29)40(31-13-12-30(38)43-31)36-20-47(3)24-50(36)6/h8-15,18-25H,16-17H2,1-7H3/q+3/p+1. The second-order valence-corrected chi connectivity index (χ2v) is 14.3. The van der Waals surface area contributed by atoms with Crippen LogP contribution in [0.4, 0.5) is 0 Å². The minimum absolute atomic E-state index is 0.747. The Morgan fingerprint density at radius 3 is 1.45 bits per heavy atom. The van der Waals surface area contributed by atoms with Gasteiger partial charge in [0, 0.05) is 0 Å². The highest BCUT2D eigenvalue weighted by Crippen LogP contribution is 2.44. The van der Waals surface area contributed by atoms with Gasteiger partial charge in [-0.3, -0.25) is 0 Å². The molecule has 0 amide bonds. The first-order chi connectivity index (χ1) is 24.6. The van der Waals surface area contributed by atoms with Gasteiger partial charge in [-0.05, 0) is 59.4 Å². The molecule has 0 fully saturated rings. The number of nitrogens with zero attached hydrogens (tertiary/aromatic N) is 9. The number of rotatable bonds is 4. The molecule has 4 aromatic rings. The highest BCUT2D eigenvalue weighted by molar-refractivity contribution is 6.33. The number of aromatic nitrogens is 8. The third-order valence-electron chi connectivity index (χ3n) is 10.3. The number of aryl methyl sites for hydroxylation is 7. The summed E-state index contributed by atoms with van der Waals surface area (Å²) in [6, 6.07) is 0. The Labute approximate surface area is 297 Å². The van der Waals surface area contributed by atoms with Crippen molar-refractivity contribution in [1.29, 1.82) is 0 Å². The maximum absolute atomic E-state index is 5.49. The van der Waals surface area contributed by atoms with Gasteiger partial charge in [0.1, 0.15) is 24.8 Å². The molecular formula is C41H42N10+4. The number of hydrogen-bond acceptors (Lipinski definition) is 2. The van der Waals surface area contributed by atoms with E-state index in [9.17, 15) is 0 Å². The van der Waals surface area contributed by atoms with Gasteiger partial charge >= 0.3 is 0 Å². The quantitative estimate of drug-likeness (QED) is 0.322. The molecule has 1 N–H and O–H groups in total. The Balaban J connectivity index is 1.35. The van der Waals surface area contributed by atoms with Crippen molar-refractivity contribution in [2.45, 2.75) is 12.8 Å². The Kier molecular flexibility index (Phi) is 6.93. The predicted octanol–water partition coefficient (Wildman–Crippen LogP) is 3.61. The van der Waals surface area contributed by atoms with Crippen molar-refractivity contribution in [1.82, 2.24) is 18.7 Å². The first kappa shape index (κ1) is 30.9. The molecule has 4 aromatic heterocycles. The van der Waals surface area contributed by atoms with Crippen molar-refractivity contribution >= 4 is 33.7 Å². The molecule has 10 heteroatoms. The normalized spacial score (nSPS) is 18.3. The summed E-state index contributed by atoms with van der Waals surface area (Å²) in [6.45, 7) is 0. The first-order valence-corrected chi connectivity index (χ1v) is 17.3. The summed E-state index contributed by atoms with van der Waals surface area (Å²) in [7, 11) is 14.6. The average molecular weight is 675 g/mol. The lowest BCUT2D eigenvalue weighted by atomic mass is 9.93. The van der Waals surface area contributed by atoms with Gasteiger partial charge in [0.15, 0.2) is 22.8 Å². The van der Waals surface area contributed by atoms with Crippen molar-refractivity contribution in [2.24, 2.45) is 59.3 Å². The Morgan fingerprint density at radius 1 is 0.529 bits per heavy atom. The van der Waals surface area contributed by atoms with Gasteiger partial charge in [0.2, 0.25) is 25.3 Å². The molecule has 0 saturated heterocycles. The van der Waals surface area contributed by atoms with Gasteiger partial charge in [0.25, 0.3) is 0 Å². The van der Waals surface area contributed by atoms with Crippen LogP contribution in [0.15, 0.2) is 142 Å². The lowest BCUT2D eigenvalue weighted by Crippen LogP contribution is -2.23. The summed E-state index contributed by atoms with van der Waals surface area (Å²) >= 11 is 0. The number of H-pyrrole nitrogens is 1. The van der Waals surface area contributed by atoms with E-state index in [4.69, 9.17) is 9.98 Å². The van der Waals surface area contributed by atoms with Gasteiger partial charge < -0.3 is 0 Å². The number of aromatic amines is 1. The van der Waals surface area contributed by atoms with E-state index < -0.39 is 0 Å². The number of nitrogens with one attached hydrogen (secondary N) is 1. The van der Waals surface area contributed by atoms with E-state index in [1.807, 2.05) is 13.4 Å². The molecule has 8 bridgehead atoms. The maximum Gasteiger partial charge on any atom is 0.243 e. The molecule has 0 saturated carbocycles. The van der Waals surface area contributed by atoms with Gasteiger partial charge in [0.05, 0.1) is 94.4 Å². The lowest BCUT2D eigenvalue weighted by molar-refractivity contribution is -0.671. The van der Waals surface area contributed by atoms with E-state index in [-0.39, 0.29) is 0 Å². The predicted molar refractivity (Wildman–Crippen MR) is 197 cm³/mol. The van der Waals surface area contributed by atoms with Crippen LogP contribution in [0, 0.1) is 0 Å². The van der Waals surface area contributed by atoms with Crippen molar-refractivity contribution in [3.05, 3.63) is 155 Å². The molecule has 10 nitrogen and oxygen atoms in total. The molecule has 3 aliphatic heterocycles. The van der Waals surface area contributed by atoms with Crippen LogP contribution in [0.1, 0.15) is 35.6 Å². The summed E-state index contributed by atoms with van der Waals surface area (Å²) < 4.78 is 15.0. The number of fused-ring (bicyclic) bond motifs is 6. The van der Waals surface area contributed by atoms with Crippen molar-refractivity contribution < 1.29 is 18.3 Å². The summed E-state index contributed by atoms with van der Waals surface area (Å²) in [5.74, 6) is 0. The molecular weight excluding hydrogens is 633 g/mol. The molecule has 9 rings (SSSR count). The lowest BCUT2D eigenvalue weighted by Gasteiger charge is -2.13. The fourth-order valence-corrected chi connectivity index (χ4v) is 8.14. The molecule has 0 atom stereocenters. The third kappa shape index (κ3) is 5.09. The maximum atomic E-state index is 5.49. The van der Waals surface area contributed by atoms with Crippen molar-refractivity contribution in [3.8, 4) is 0 Å². The second kappa shape index (κ2) is 11.4. The molecule has 0 unspecified atom stereocenters. The average Bonchev–Trinajstić information content (AvgIpc) is 3.92. The van der Waals surface area contributed by atoms with E-state index in [0.29, 0.717) is 0 Å². The highest BCUT2D eigenvalue weighted by Gasteiger charge is 2.33. The van der Waals surface area contributed by atoms with Gasteiger partial charge in [-0.25, -0.2) is 46.9 Å². The van der Waals surface area contributed by atoms with Crippen molar-refractivity contribution in [3.63, 3.8) is 0 Å². The van der Waals surface area contributed by atoms with Crippen molar-refractivity contribution in [2.75, 3.05) is 0 Å². The number of aliphatic imine (C=N–C) groups is 2. The van der Waals surface area contributed by atoms with E-state index in [0.717, 1.165) is 80.7 Å². The SMILES string of the molecule is Cn1c[n+](C)cc1C1=C2C=CC(=C(c3c[n+](C)c[nH]3)C3=NC(=C(c4c[n+](C)cn4C)C4=CC=C(C4)C(c4c[n+](C)cn4C)=C4C=CC1=N4)C=C3)C2. The molecule has 0 radical (unpaired) electrons. The molecule has 252 valence electrons. The Bertz CT molecular complexity index is 2580. The fourth-order valence-electron chi connectivity index (χ4n) is 8.14. The van der Waals surface area contributed by atoms with Crippen LogP contribution in [0.25, 0.3) is 22.3 Å². The number of imidazole rings is 4. The Hall–Kier alpha value is -6.16. The third-order valence-corrected chi connectivity index (χ3v) is 10.3. The van der Waals surface area contributed by atoms with Gasteiger partial charge in [-0.1, -0.05) is 24.3 Å². The zero-order valence-electron chi connectivity index (χ0n) is 30.2. The zero-order chi connectivity index (χ0) is 35.1. The van der Waals surface area contributed by atoms with Crippen LogP contribution < -0.4 is 18.3 Å². The van der Waals surface area contributed by atoms with E-state index >= 15 is 0 Å². The summed E-state index contributed by atoms with van der Waals surface area (Å²) in [5.41, 5.74) is 17.7. The molecule has 51 heavy (non-hydrogen) atoms. The topological polar surface area (TPSA) is 70.8 Å². The van der Waals surface area contributed by atoms with E-state index in [1.54, 1.807) is 0 Å². The van der Waals surface area contributed by atoms with Crippen LogP contribution in [-0.2, 0) is 49.3 Å². The Morgan fingerprint density at radius 2 is 1.00 bits per heavy atom. The first-order valence-electron chi connectivity index (χ1n) is 17.3. The largest absolute Gasteiger partial charge is 0.247 e. The zero-order valence-corrected chi connectivity index (χ0v) is 30.2. The van der Waals surface area contributed by atoms with E-state index in [1.165, 1.54) is 22.3 Å². The monoisotopic (exact) mass is 674 g/mol. The van der Waals surface area contributed by atoms with Gasteiger partial charge in [-0.15, -0.1) is 0 Å². The summed E-state index contributed by atoms with van der Waals surface area (Å²) in [5, 5.41) is 0. The van der Waals surface area contributed by atoms with E-state index in [2.05, 4.69) is 172 Å². The van der Waals surface area contributed by atoms with Gasteiger partial charge in [-0.2, -0.15) is 0 Å². The second-order valence-electron chi connectivity index (χ2n) is 14.3.